The molecule has 0 atom stereocenters. The van der Waals surface area contributed by atoms with Gasteiger partial charge in [0.1, 0.15) is 5.02 Å². The van der Waals surface area contributed by atoms with Crippen LogP contribution in [0.4, 0.5) is 18.9 Å². The van der Waals surface area contributed by atoms with Gasteiger partial charge < -0.3 is 4.90 Å². The molecule has 0 saturated heterocycles. The first-order chi connectivity index (χ1) is 11.9. The van der Waals surface area contributed by atoms with Crippen LogP contribution in [-0.2, 0) is 19.1 Å². The minimum atomic E-state index is -4.46. The molecule has 2 aromatic carbocycles. The van der Waals surface area contributed by atoms with E-state index in [2.05, 4.69) is 11.1 Å². The van der Waals surface area contributed by atoms with Crippen LogP contribution in [0.25, 0.3) is 10.9 Å². The number of H-pyrrole nitrogens is 1. The molecular weight excluding hydrogens is 349 g/mol. The number of nitrogens with zero attached hydrogens (tertiary/aromatic N) is 1. The van der Waals surface area contributed by atoms with E-state index in [1.54, 1.807) is 18.2 Å². The van der Waals surface area contributed by atoms with Crippen molar-refractivity contribution in [2.75, 3.05) is 11.4 Å². The molecule has 128 valence electrons. The van der Waals surface area contributed by atoms with Crippen LogP contribution in [0.5, 0.6) is 0 Å². The third-order valence-electron chi connectivity index (χ3n) is 4.61. The van der Waals surface area contributed by atoms with Crippen molar-refractivity contribution in [3.05, 3.63) is 70.4 Å². The summed E-state index contributed by atoms with van der Waals surface area (Å²) in [6, 6.07) is 14.4. The first kappa shape index (κ1) is 16.2. The summed E-state index contributed by atoms with van der Waals surface area (Å²) in [6.07, 6.45) is -3.66. The predicted molar refractivity (Wildman–Crippen MR) is 91.7 cm³/mol. The summed E-state index contributed by atoms with van der Waals surface area (Å²) in [4.78, 5) is 4.44. The molecule has 3 aromatic rings. The van der Waals surface area contributed by atoms with E-state index in [9.17, 15) is 13.2 Å². The number of pyridine rings is 1. The van der Waals surface area contributed by atoms with Crippen LogP contribution in [0, 0.1) is 0 Å². The van der Waals surface area contributed by atoms with Crippen LogP contribution in [-0.4, -0.2) is 6.54 Å². The fourth-order valence-electron chi connectivity index (χ4n) is 3.37. The molecule has 1 aliphatic heterocycles. The van der Waals surface area contributed by atoms with Gasteiger partial charge in [0.2, 0.25) is 5.52 Å². The number of fused-ring (bicyclic) bond motifs is 2. The lowest BCUT2D eigenvalue weighted by molar-refractivity contribution is -0.398. The van der Waals surface area contributed by atoms with E-state index in [-0.39, 0.29) is 5.02 Å². The summed E-state index contributed by atoms with van der Waals surface area (Å²) < 4.78 is 40.0. The number of para-hydroxylation sites is 1. The van der Waals surface area contributed by atoms with E-state index in [4.69, 9.17) is 11.6 Å². The second-order valence-corrected chi connectivity index (χ2v) is 6.58. The topological polar surface area (TPSA) is 17.4 Å². The normalized spacial score (nSPS) is 14.6. The molecule has 2 nitrogen and oxygen atoms in total. The van der Waals surface area contributed by atoms with Crippen molar-refractivity contribution in [3.8, 4) is 0 Å². The minimum Gasteiger partial charge on any atom is -0.366 e. The molecular formula is C19H15ClF3N2+. The van der Waals surface area contributed by atoms with E-state index in [1.807, 2.05) is 23.1 Å². The molecule has 0 amide bonds. The number of hydrogen-bond acceptors (Lipinski definition) is 1. The Kier molecular flexibility index (Phi) is 3.84. The summed E-state index contributed by atoms with van der Waals surface area (Å²) in [7, 11) is 0. The van der Waals surface area contributed by atoms with E-state index >= 15 is 0 Å². The summed E-state index contributed by atoms with van der Waals surface area (Å²) in [5.41, 5.74) is 2.47. The van der Waals surface area contributed by atoms with Gasteiger partial charge >= 0.3 is 6.18 Å². The maximum absolute atomic E-state index is 13.3. The van der Waals surface area contributed by atoms with Crippen LogP contribution in [0.2, 0.25) is 5.02 Å². The highest BCUT2D eigenvalue weighted by molar-refractivity contribution is 6.34. The third-order valence-corrected chi connectivity index (χ3v) is 4.92. The number of benzene rings is 2. The van der Waals surface area contributed by atoms with Crippen molar-refractivity contribution in [3.63, 3.8) is 0 Å². The zero-order chi connectivity index (χ0) is 17.6. The maximum Gasteiger partial charge on any atom is 0.477 e. The molecule has 0 radical (unpaired) electrons. The lowest BCUT2D eigenvalue weighted by Gasteiger charge is -2.31. The number of hydrogen-bond donors (Lipinski definition) is 0. The Morgan fingerprint density at radius 3 is 2.52 bits per heavy atom. The Morgan fingerprint density at radius 2 is 1.76 bits per heavy atom. The van der Waals surface area contributed by atoms with Crippen LogP contribution in [0.3, 0.4) is 0 Å². The standard InChI is InChI=1S/C19H14ClF3N2/c20-15-7-3-6-14-16(10-17(19(21,22)23)24-18(14)15)25-9-8-12-4-1-2-5-13(12)11-25/h1-7,10H,8-9,11H2/p+1. The van der Waals surface area contributed by atoms with Gasteiger partial charge in [-0.25, -0.2) is 0 Å². The van der Waals surface area contributed by atoms with Crippen LogP contribution >= 0.6 is 11.6 Å². The van der Waals surface area contributed by atoms with Crippen molar-refractivity contribution in [1.29, 1.82) is 0 Å². The van der Waals surface area contributed by atoms with E-state index in [0.717, 1.165) is 12.0 Å². The molecule has 25 heavy (non-hydrogen) atoms. The molecule has 0 spiro atoms. The number of alkyl halides is 3. The molecule has 1 N–H and O–H groups in total. The predicted octanol–water partition coefficient (Wildman–Crippen LogP) is 4.89. The van der Waals surface area contributed by atoms with Gasteiger partial charge in [-0.15, -0.1) is 0 Å². The fourth-order valence-corrected chi connectivity index (χ4v) is 3.59. The minimum absolute atomic E-state index is 0.280. The highest BCUT2D eigenvalue weighted by Gasteiger charge is 2.40. The molecule has 0 saturated carbocycles. The summed E-state index contributed by atoms with van der Waals surface area (Å²) >= 11 is 6.15. The van der Waals surface area contributed by atoms with E-state index in [1.165, 1.54) is 11.6 Å². The maximum atomic E-state index is 13.3. The highest BCUT2D eigenvalue weighted by Crippen LogP contribution is 2.36. The van der Waals surface area contributed by atoms with Crippen molar-refractivity contribution in [1.82, 2.24) is 0 Å². The molecule has 1 aliphatic rings. The molecule has 4 rings (SSSR count). The molecule has 0 unspecified atom stereocenters. The van der Waals surface area contributed by atoms with Crippen molar-refractivity contribution >= 4 is 28.2 Å². The van der Waals surface area contributed by atoms with Crippen molar-refractivity contribution in [2.45, 2.75) is 19.1 Å². The van der Waals surface area contributed by atoms with E-state index in [0.29, 0.717) is 29.7 Å². The lowest BCUT2D eigenvalue weighted by Crippen LogP contribution is -2.32. The van der Waals surface area contributed by atoms with Crippen LogP contribution < -0.4 is 9.88 Å². The summed E-state index contributed by atoms with van der Waals surface area (Å²) in [5.74, 6) is 0. The third kappa shape index (κ3) is 2.93. The van der Waals surface area contributed by atoms with Crippen molar-refractivity contribution < 1.29 is 18.2 Å². The van der Waals surface area contributed by atoms with Gasteiger partial charge in [-0.2, -0.15) is 18.2 Å². The lowest BCUT2D eigenvalue weighted by atomic mass is 9.99. The first-order valence-corrected chi connectivity index (χ1v) is 8.35. The number of rotatable bonds is 1. The SMILES string of the molecule is FC(F)(F)c1cc(N2CCc3ccccc3C2)c2cccc(Cl)c2[nH+]1. The Balaban J connectivity index is 1.88. The van der Waals surface area contributed by atoms with Crippen molar-refractivity contribution in [2.24, 2.45) is 0 Å². The van der Waals surface area contributed by atoms with Gasteiger partial charge in [-0.1, -0.05) is 41.9 Å². The highest BCUT2D eigenvalue weighted by atomic mass is 35.5. The second kappa shape index (κ2) is 5.92. The summed E-state index contributed by atoms with van der Waals surface area (Å²) in [5, 5.41) is 0.974. The van der Waals surface area contributed by atoms with Crippen LogP contribution in [0.15, 0.2) is 48.5 Å². The number of anilines is 1. The average molecular weight is 364 g/mol. The molecule has 0 aliphatic carbocycles. The van der Waals surface area contributed by atoms with Gasteiger partial charge in [0.05, 0.1) is 11.1 Å². The van der Waals surface area contributed by atoms with Gasteiger partial charge in [0.25, 0.3) is 5.69 Å². The van der Waals surface area contributed by atoms with Gasteiger partial charge in [-0.05, 0) is 29.7 Å². The Bertz CT molecular complexity index is 953. The fraction of sp³-hybridized carbons (Fsp3) is 0.211. The number of aromatic nitrogens is 1. The van der Waals surface area contributed by atoms with Crippen LogP contribution in [0.1, 0.15) is 16.8 Å². The zero-order valence-corrected chi connectivity index (χ0v) is 14.0. The smallest absolute Gasteiger partial charge is 0.366 e. The molecule has 2 heterocycles. The molecule has 0 fully saturated rings. The quantitative estimate of drug-likeness (QED) is 0.602. The Hall–Kier alpha value is -2.27. The Labute approximate surface area is 147 Å². The average Bonchev–Trinajstić information content (AvgIpc) is 2.60. The van der Waals surface area contributed by atoms with Gasteiger partial charge in [-0.3, -0.25) is 0 Å². The molecule has 1 aromatic heterocycles. The number of halogens is 4. The number of nitrogens with one attached hydrogen (secondary N) is 1. The molecule has 0 bridgehead atoms. The van der Waals surface area contributed by atoms with Gasteiger partial charge in [0.15, 0.2) is 0 Å². The Morgan fingerprint density at radius 1 is 1.00 bits per heavy atom. The van der Waals surface area contributed by atoms with Gasteiger partial charge in [0, 0.05) is 19.2 Å². The number of aromatic amines is 1. The zero-order valence-electron chi connectivity index (χ0n) is 13.2. The largest absolute Gasteiger partial charge is 0.477 e. The molecule has 6 heteroatoms. The summed E-state index contributed by atoms with van der Waals surface area (Å²) in [6.45, 7) is 1.25. The second-order valence-electron chi connectivity index (χ2n) is 6.17. The first-order valence-electron chi connectivity index (χ1n) is 7.97. The monoisotopic (exact) mass is 363 g/mol. The van der Waals surface area contributed by atoms with E-state index < -0.39 is 11.9 Å².